The summed E-state index contributed by atoms with van der Waals surface area (Å²) in [6.07, 6.45) is 0.108. The minimum Gasteiger partial charge on any atom is -0.318 e. The molecular formula is C22H21N5O4. The molecule has 1 aromatic heterocycles. The summed E-state index contributed by atoms with van der Waals surface area (Å²) in [5.74, 6) is -1.16. The van der Waals surface area contributed by atoms with Gasteiger partial charge in [-0.25, -0.2) is 9.48 Å². The molecule has 0 spiro atoms. The molecule has 1 saturated heterocycles. The van der Waals surface area contributed by atoms with Gasteiger partial charge in [-0.15, -0.1) is 0 Å². The Morgan fingerprint density at radius 2 is 1.68 bits per heavy atom. The monoisotopic (exact) mass is 419 g/mol. The van der Waals surface area contributed by atoms with Crippen LogP contribution in [-0.2, 0) is 28.6 Å². The summed E-state index contributed by atoms with van der Waals surface area (Å²) in [4.78, 5) is 50.7. The fourth-order valence-corrected chi connectivity index (χ4v) is 3.86. The maximum Gasteiger partial charge on any atom is 0.344 e. The van der Waals surface area contributed by atoms with Gasteiger partial charge in [0.15, 0.2) is 0 Å². The van der Waals surface area contributed by atoms with Gasteiger partial charge in [0, 0.05) is 12.4 Å². The normalized spacial score (nSPS) is 18.3. The first kappa shape index (κ1) is 20.3. The van der Waals surface area contributed by atoms with Crippen LogP contribution in [0.4, 0.5) is 4.79 Å². The number of nitrogens with one attached hydrogen (secondary N) is 2. The summed E-state index contributed by atoms with van der Waals surface area (Å²) in [5, 5.41) is 8.59. The summed E-state index contributed by atoms with van der Waals surface area (Å²) < 4.78 is 1.16. The van der Waals surface area contributed by atoms with E-state index in [0.717, 1.165) is 4.68 Å². The fourth-order valence-electron chi connectivity index (χ4n) is 3.86. The number of aryl methyl sites for hydroxylation is 1. The number of carbonyl (C=O) groups excluding carboxylic acids is 3. The molecule has 9 heteroatoms. The molecule has 1 fully saturated rings. The number of amides is 4. The Morgan fingerprint density at radius 1 is 1.03 bits per heavy atom. The van der Waals surface area contributed by atoms with Gasteiger partial charge in [0.25, 0.3) is 11.5 Å². The Labute approximate surface area is 177 Å². The molecule has 0 saturated carbocycles. The van der Waals surface area contributed by atoms with Crippen LogP contribution in [0.2, 0.25) is 0 Å². The number of hydrazine groups is 1. The van der Waals surface area contributed by atoms with E-state index in [1.165, 1.54) is 7.05 Å². The Hall–Kier alpha value is -4.01. The van der Waals surface area contributed by atoms with Gasteiger partial charge in [-0.05, 0) is 18.1 Å². The average Bonchev–Trinajstić information content (AvgIpc) is 3.03. The predicted octanol–water partition coefficient (Wildman–Crippen LogP) is 1.36. The van der Waals surface area contributed by atoms with Crippen molar-refractivity contribution in [3.8, 4) is 0 Å². The van der Waals surface area contributed by atoms with E-state index < -0.39 is 23.4 Å². The van der Waals surface area contributed by atoms with Crippen LogP contribution in [0.15, 0.2) is 59.4 Å². The van der Waals surface area contributed by atoms with Crippen molar-refractivity contribution in [1.29, 1.82) is 0 Å². The molecule has 9 nitrogen and oxygen atoms in total. The van der Waals surface area contributed by atoms with Crippen LogP contribution in [0, 0.1) is 0 Å². The highest BCUT2D eigenvalue weighted by Gasteiger charge is 2.52. The zero-order chi connectivity index (χ0) is 22.2. The van der Waals surface area contributed by atoms with Gasteiger partial charge in [-0.1, -0.05) is 55.5 Å². The lowest BCUT2D eigenvalue weighted by atomic mass is 9.87. The number of nitrogens with zero attached hydrogens (tertiary/aromatic N) is 3. The maximum absolute atomic E-state index is 13.1. The van der Waals surface area contributed by atoms with Crippen molar-refractivity contribution in [3.63, 3.8) is 0 Å². The van der Waals surface area contributed by atoms with E-state index in [4.69, 9.17) is 0 Å². The molecule has 1 aliphatic heterocycles. The third kappa shape index (κ3) is 3.33. The predicted molar refractivity (Wildman–Crippen MR) is 113 cm³/mol. The molecule has 31 heavy (non-hydrogen) atoms. The Kier molecular flexibility index (Phi) is 5.02. The second-order valence-electron chi connectivity index (χ2n) is 7.33. The standard InChI is InChI=1S/C22H21N5O4/c1-3-22(14-9-5-4-6-10-14)20(30)27(21(31)23-22)25-18(28)13-17-15-11-7-8-12-16(15)19(29)26(2)24-17/h4-12H,3,13H2,1-2H3,(H,23,31)(H,25,28)/t22-/m0/s1. The number of rotatable bonds is 5. The lowest BCUT2D eigenvalue weighted by Gasteiger charge is -2.25. The van der Waals surface area contributed by atoms with Gasteiger partial charge in [-0.2, -0.15) is 10.1 Å². The van der Waals surface area contributed by atoms with E-state index in [2.05, 4.69) is 15.8 Å². The number of benzene rings is 2. The van der Waals surface area contributed by atoms with Crippen LogP contribution in [-0.4, -0.2) is 32.6 Å². The van der Waals surface area contributed by atoms with Crippen molar-refractivity contribution in [3.05, 3.63) is 76.2 Å². The molecule has 2 N–H and O–H groups in total. The van der Waals surface area contributed by atoms with Crippen molar-refractivity contribution in [1.82, 2.24) is 25.5 Å². The molecule has 2 heterocycles. The molecule has 0 radical (unpaired) electrons. The highest BCUT2D eigenvalue weighted by molar-refractivity contribution is 6.08. The Morgan fingerprint density at radius 3 is 2.35 bits per heavy atom. The number of imide groups is 1. The van der Waals surface area contributed by atoms with E-state index in [1.807, 2.05) is 6.07 Å². The first-order chi connectivity index (χ1) is 14.9. The molecule has 0 bridgehead atoms. The van der Waals surface area contributed by atoms with E-state index in [0.29, 0.717) is 33.5 Å². The topological polar surface area (TPSA) is 113 Å². The molecule has 0 aliphatic carbocycles. The lowest BCUT2D eigenvalue weighted by molar-refractivity contribution is -0.139. The smallest absolute Gasteiger partial charge is 0.318 e. The van der Waals surface area contributed by atoms with Gasteiger partial charge in [0.05, 0.1) is 17.5 Å². The zero-order valence-electron chi connectivity index (χ0n) is 17.1. The van der Waals surface area contributed by atoms with Gasteiger partial charge in [-0.3, -0.25) is 19.8 Å². The van der Waals surface area contributed by atoms with Crippen molar-refractivity contribution in [2.24, 2.45) is 7.05 Å². The summed E-state index contributed by atoms with van der Waals surface area (Å²) in [5.41, 5.74) is 1.88. The third-order valence-electron chi connectivity index (χ3n) is 5.49. The minimum absolute atomic E-state index is 0.212. The SMILES string of the molecule is CC[C@@]1(c2ccccc2)NC(=O)N(NC(=O)Cc2nn(C)c(=O)c3ccccc23)C1=O. The van der Waals surface area contributed by atoms with Crippen LogP contribution in [0.5, 0.6) is 0 Å². The largest absolute Gasteiger partial charge is 0.344 e. The van der Waals surface area contributed by atoms with E-state index in [1.54, 1.807) is 55.5 Å². The number of urea groups is 1. The quantitative estimate of drug-likeness (QED) is 0.607. The summed E-state index contributed by atoms with van der Waals surface area (Å²) in [6, 6.07) is 15.0. The summed E-state index contributed by atoms with van der Waals surface area (Å²) >= 11 is 0. The molecule has 2 aromatic carbocycles. The van der Waals surface area contributed by atoms with Crippen molar-refractivity contribution in [2.45, 2.75) is 25.3 Å². The van der Waals surface area contributed by atoms with Gasteiger partial charge in [0.2, 0.25) is 5.91 Å². The van der Waals surface area contributed by atoms with Crippen LogP contribution in [0.1, 0.15) is 24.6 Å². The molecule has 3 aromatic rings. The third-order valence-corrected chi connectivity index (χ3v) is 5.49. The van der Waals surface area contributed by atoms with Crippen molar-refractivity contribution in [2.75, 3.05) is 0 Å². The minimum atomic E-state index is -1.24. The van der Waals surface area contributed by atoms with Crippen LogP contribution < -0.4 is 16.3 Å². The second-order valence-corrected chi connectivity index (χ2v) is 7.33. The highest BCUT2D eigenvalue weighted by atomic mass is 16.2. The van der Waals surface area contributed by atoms with Crippen molar-refractivity contribution < 1.29 is 14.4 Å². The Bertz CT molecular complexity index is 1250. The zero-order valence-corrected chi connectivity index (χ0v) is 17.1. The number of hydrogen-bond acceptors (Lipinski definition) is 5. The summed E-state index contributed by atoms with van der Waals surface area (Å²) in [7, 11) is 1.50. The first-order valence-electron chi connectivity index (χ1n) is 9.84. The van der Waals surface area contributed by atoms with E-state index in [-0.39, 0.29) is 12.0 Å². The molecule has 0 unspecified atom stereocenters. The van der Waals surface area contributed by atoms with Crippen LogP contribution in [0.25, 0.3) is 10.8 Å². The fraction of sp³-hybridized carbons (Fsp3) is 0.227. The molecule has 1 aliphatic rings. The van der Waals surface area contributed by atoms with E-state index in [9.17, 15) is 19.2 Å². The number of hydrogen-bond donors (Lipinski definition) is 2. The molecule has 4 amide bonds. The molecule has 1 atom stereocenters. The molecule has 158 valence electrons. The molecular weight excluding hydrogens is 398 g/mol. The maximum atomic E-state index is 13.1. The van der Waals surface area contributed by atoms with E-state index >= 15 is 0 Å². The average molecular weight is 419 g/mol. The molecule has 4 rings (SSSR count). The first-order valence-corrected chi connectivity index (χ1v) is 9.84. The van der Waals surface area contributed by atoms with Gasteiger partial charge in [0.1, 0.15) is 5.54 Å². The van der Waals surface area contributed by atoms with Crippen molar-refractivity contribution >= 4 is 28.6 Å². The number of fused-ring (bicyclic) bond motifs is 1. The van der Waals surface area contributed by atoms with Gasteiger partial charge < -0.3 is 5.32 Å². The lowest BCUT2D eigenvalue weighted by Crippen LogP contribution is -2.49. The van der Waals surface area contributed by atoms with Gasteiger partial charge >= 0.3 is 6.03 Å². The van der Waals surface area contributed by atoms with Crippen LogP contribution in [0.3, 0.4) is 0 Å². The Balaban J connectivity index is 1.59. The summed E-state index contributed by atoms with van der Waals surface area (Å²) in [6.45, 7) is 1.79. The highest BCUT2D eigenvalue weighted by Crippen LogP contribution is 2.31. The number of aromatic nitrogens is 2. The van der Waals surface area contributed by atoms with Crippen LogP contribution >= 0.6 is 0 Å². The number of carbonyl (C=O) groups is 3. The second kappa shape index (κ2) is 7.67.